The van der Waals surface area contributed by atoms with Gasteiger partial charge in [-0.3, -0.25) is 28.2 Å². The average molecular weight is 1610 g/mol. The van der Waals surface area contributed by atoms with Gasteiger partial charge in [0, 0.05) is 25.7 Å². The number of phosphoric ester groups is 1. The van der Waals surface area contributed by atoms with Crippen LogP contribution in [-0.2, 0) is 70.7 Å². The predicted octanol–water partition coefficient (Wildman–Crippen LogP) is 15.2. The molecule has 2 heterocycles. The number of ether oxygens (including phenoxy) is 8. The lowest BCUT2D eigenvalue weighted by atomic mass is 9.84. The highest BCUT2D eigenvalue weighted by molar-refractivity contribution is 7.47. The largest absolute Gasteiger partial charge is 0.472 e. The normalized spacial score (nSPS) is 25.7. The Morgan fingerprint density at radius 2 is 0.676 bits per heavy atom. The third-order valence-corrected chi connectivity index (χ3v) is 22.8. The zero-order valence-corrected chi connectivity index (χ0v) is 69.9. The number of esters is 4. The first-order valence-electron chi connectivity index (χ1n) is 44.4. The Hall–Kier alpha value is -2.79. The van der Waals surface area contributed by atoms with Gasteiger partial charge in [-0.15, -0.1) is 0 Å². The quantitative estimate of drug-likeness (QED) is 0.00889. The number of rotatable bonds is 71. The fraction of sp³-hybridized carbons (Fsp3) is 0.929. The lowest BCUT2D eigenvalue weighted by Gasteiger charge is -2.50. The van der Waals surface area contributed by atoms with Gasteiger partial charge in [0.15, 0.2) is 24.8 Å². The summed E-state index contributed by atoms with van der Waals surface area (Å²) in [7, 11) is -5.80. The minimum absolute atomic E-state index is 0.0165. The van der Waals surface area contributed by atoms with Gasteiger partial charge in [-0.25, -0.2) is 4.57 Å². The first-order chi connectivity index (χ1) is 53.7. The van der Waals surface area contributed by atoms with E-state index >= 15 is 0 Å². The van der Waals surface area contributed by atoms with Gasteiger partial charge in [0.05, 0.1) is 13.2 Å². The number of allylic oxidation sites excluding steroid dienone is 2. The van der Waals surface area contributed by atoms with Crippen molar-refractivity contribution in [3.05, 3.63) is 12.2 Å². The summed E-state index contributed by atoms with van der Waals surface area (Å²) < 4.78 is 73.2. The molecule has 26 heteroatoms. The second-order valence-corrected chi connectivity index (χ2v) is 33.2. The highest BCUT2D eigenvalue weighted by Crippen LogP contribution is 2.49. The molecule has 0 aromatic carbocycles. The van der Waals surface area contributed by atoms with Crippen LogP contribution in [0.4, 0.5) is 0 Å². The van der Waals surface area contributed by atoms with E-state index < -0.39 is 162 Å². The Labute approximate surface area is 667 Å². The van der Waals surface area contributed by atoms with Gasteiger partial charge in [-0.1, -0.05) is 310 Å². The summed E-state index contributed by atoms with van der Waals surface area (Å²) in [4.78, 5) is 66.2. The zero-order chi connectivity index (χ0) is 81.1. The van der Waals surface area contributed by atoms with E-state index in [0.717, 1.165) is 128 Å². The number of aliphatic hydroxyl groups is 9. The molecule has 0 bridgehead atoms. The molecule has 3 aliphatic rings. The highest BCUT2D eigenvalue weighted by Gasteiger charge is 2.60. The third-order valence-electron chi connectivity index (χ3n) is 21.8. The van der Waals surface area contributed by atoms with Crippen LogP contribution < -0.4 is 0 Å². The van der Waals surface area contributed by atoms with Crippen molar-refractivity contribution < 1.29 is 122 Å². The van der Waals surface area contributed by atoms with Crippen LogP contribution in [-0.4, -0.2) is 205 Å². The van der Waals surface area contributed by atoms with Crippen molar-refractivity contribution in [1.29, 1.82) is 0 Å². The van der Waals surface area contributed by atoms with Gasteiger partial charge >= 0.3 is 31.7 Å². The fourth-order valence-corrected chi connectivity index (χ4v) is 15.6. The number of unbranched alkanes of at least 4 members (excludes halogenated alkanes) is 45. The highest BCUT2D eigenvalue weighted by atomic mass is 31.2. The Kier molecular flexibility index (Phi) is 60.1. The minimum atomic E-state index is -5.80. The Bertz CT molecular complexity index is 2370. The van der Waals surface area contributed by atoms with Crippen molar-refractivity contribution in [2.24, 2.45) is 0 Å². The minimum Gasteiger partial charge on any atom is -0.463 e. The van der Waals surface area contributed by atoms with Gasteiger partial charge in [-0.05, 0) is 51.4 Å². The number of aliphatic hydroxyl groups excluding tert-OH is 9. The van der Waals surface area contributed by atoms with Crippen molar-refractivity contribution >= 4 is 31.7 Å². The van der Waals surface area contributed by atoms with E-state index in [-0.39, 0.29) is 25.7 Å². The number of carbonyl (C=O) groups excluding carboxylic acids is 4. The van der Waals surface area contributed by atoms with Crippen LogP contribution in [0.15, 0.2) is 12.2 Å². The average Bonchev–Trinajstić information content (AvgIpc) is 0.754. The number of hydrogen-bond acceptors (Lipinski definition) is 24. The maximum Gasteiger partial charge on any atom is 0.472 e. The first kappa shape index (κ1) is 102. The Morgan fingerprint density at radius 1 is 0.351 bits per heavy atom. The molecule has 0 aromatic rings. The lowest BCUT2D eigenvalue weighted by molar-refractivity contribution is -0.360. The topological polar surface area (TPSA) is 380 Å². The van der Waals surface area contributed by atoms with Gasteiger partial charge in [0.2, 0.25) is 0 Å². The van der Waals surface area contributed by atoms with E-state index in [4.69, 9.17) is 46.9 Å². The summed E-state index contributed by atoms with van der Waals surface area (Å²) in [5.41, 5.74) is 0. The summed E-state index contributed by atoms with van der Waals surface area (Å²) in [6.45, 7) is 5.54. The summed E-state index contributed by atoms with van der Waals surface area (Å²) in [5, 5.41) is 102. The molecule has 652 valence electrons. The second kappa shape index (κ2) is 65.2. The number of hydrogen-bond donors (Lipinski definition) is 10. The van der Waals surface area contributed by atoms with Crippen molar-refractivity contribution in [1.82, 2.24) is 0 Å². The van der Waals surface area contributed by atoms with Crippen LogP contribution in [0, 0.1) is 0 Å². The van der Waals surface area contributed by atoms with E-state index in [2.05, 4.69) is 39.8 Å². The van der Waals surface area contributed by atoms with Crippen molar-refractivity contribution in [3.8, 4) is 0 Å². The van der Waals surface area contributed by atoms with Gasteiger partial charge in [-0.2, -0.15) is 0 Å². The molecule has 2 saturated heterocycles. The van der Waals surface area contributed by atoms with E-state index in [1.165, 1.54) is 161 Å². The smallest absolute Gasteiger partial charge is 0.463 e. The van der Waals surface area contributed by atoms with Crippen molar-refractivity contribution in [2.45, 2.75) is 479 Å². The van der Waals surface area contributed by atoms with Crippen LogP contribution >= 0.6 is 7.82 Å². The van der Waals surface area contributed by atoms with Crippen molar-refractivity contribution in [3.63, 3.8) is 0 Å². The van der Waals surface area contributed by atoms with Crippen molar-refractivity contribution in [2.75, 3.05) is 26.4 Å². The molecular weight excluding hydrogens is 1450 g/mol. The van der Waals surface area contributed by atoms with E-state index in [1.807, 2.05) is 0 Å². The Morgan fingerprint density at radius 3 is 1.08 bits per heavy atom. The molecule has 10 N–H and O–H groups in total. The van der Waals surface area contributed by atoms with E-state index in [9.17, 15) is 74.6 Å². The van der Waals surface area contributed by atoms with Gasteiger partial charge < -0.3 is 88.7 Å². The van der Waals surface area contributed by atoms with Crippen LogP contribution in [0.1, 0.15) is 374 Å². The third kappa shape index (κ3) is 46.2. The molecule has 0 radical (unpaired) electrons. The molecule has 2 aliphatic heterocycles. The summed E-state index contributed by atoms with van der Waals surface area (Å²) >= 11 is 0. The molecule has 18 atom stereocenters. The molecule has 3 rings (SSSR count). The van der Waals surface area contributed by atoms with Crippen LogP contribution in [0.25, 0.3) is 0 Å². The molecule has 0 aromatic heterocycles. The van der Waals surface area contributed by atoms with Gasteiger partial charge in [0.1, 0.15) is 92.6 Å². The monoisotopic (exact) mass is 1610 g/mol. The van der Waals surface area contributed by atoms with Crippen LogP contribution in [0.2, 0.25) is 0 Å². The first-order valence-corrected chi connectivity index (χ1v) is 45.9. The molecular formula is C85H157O25P. The second-order valence-electron chi connectivity index (χ2n) is 31.8. The number of carbonyl (C=O) groups is 4. The molecule has 18 unspecified atom stereocenters. The molecule has 1 saturated carbocycles. The van der Waals surface area contributed by atoms with E-state index in [0.29, 0.717) is 32.1 Å². The predicted molar refractivity (Wildman–Crippen MR) is 426 cm³/mol. The molecule has 111 heavy (non-hydrogen) atoms. The maximum absolute atomic E-state index is 14.8. The van der Waals surface area contributed by atoms with Crippen LogP contribution in [0.5, 0.6) is 0 Å². The summed E-state index contributed by atoms with van der Waals surface area (Å²) in [5.74, 6) is -2.98. The molecule has 25 nitrogen and oxygen atoms in total. The summed E-state index contributed by atoms with van der Waals surface area (Å²) in [6.07, 6.45) is 21.0. The standard InChI is InChI=1S/C85H157O25P/c1-5-9-13-17-21-25-29-33-37-41-45-49-53-57-68(87)101-62-65(104-70(89)59-55-51-47-43-39-35-31-27-23-19-15-11-7-3)63-103-111(99,100)110-83-81(108-84-78(97)74(93)72(91)66(61-86)105-84)77(96)76(95)80(107-71(90)60-56-52-48-44-40-36-32-28-24-20-16-12-8-4)82(83)109-85-79(98)75(94)73(92)67(106-85)64-102-69(88)58-54-50-46-42-38-34-30-26-22-18-14-10-6-2/h33,37,65-67,72-86,91-98H,5-32,34-36,38-64H2,1-4H3,(H,99,100)/b37-33-. The molecule has 1 aliphatic carbocycles. The van der Waals surface area contributed by atoms with Gasteiger partial charge in [0.25, 0.3) is 0 Å². The maximum atomic E-state index is 14.8. The van der Waals surface area contributed by atoms with E-state index in [1.54, 1.807) is 0 Å². The number of phosphoric acid groups is 1. The molecule has 3 fully saturated rings. The zero-order valence-electron chi connectivity index (χ0n) is 69.0. The lowest BCUT2D eigenvalue weighted by Crippen LogP contribution is -2.70. The molecule has 0 spiro atoms. The summed E-state index contributed by atoms with van der Waals surface area (Å²) in [6, 6.07) is 0. The van der Waals surface area contributed by atoms with Crippen LogP contribution in [0.3, 0.4) is 0 Å². The SMILES string of the molecule is CCCCCCCC/C=C\CCCCCC(=O)OCC(COP(=O)(O)OC1C(OC2OC(CO)C(O)C(O)C2O)C(O)C(O)C(OC(=O)CCCCCCCCCCCCCCC)C1OC1OC(COC(=O)CCCCCCCCCCCCCCC)C(O)C(O)C1O)OC(=O)CCCCCCCCCCCCCCC. The fourth-order valence-electron chi connectivity index (χ4n) is 14.7. The molecule has 0 amide bonds. The Balaban J connectivity index is 1.94.